The molecule has 0 aliphatic carbocycles. The van der Waals surface area contributed by atoms with Gasteiger partial charge in [-0.15, -0.1) is 11.3 Å². The molecular weight excluding hydrogens is 398 g/mol. The fourth-order valence-corrected chi connectivity index (χ4v) is 4.45. The first-order valence-electron chi connectivity index (χ1n) is 9.61. The molecule has 0 amide bonds. The molecule has 0 spiro atoms. The standard InChI is InChI=1S/C23H23N3OS2/c1-2-27-17-11-9-16(10-12-17)26-23(28)25-15-20(22-8-5-13-29-22)19-14-24-21-7-4-3-6-18(19)21/h3-14,20,24H,2,15H2,1H3,(H2,25,26,28)/t20-/m0/s1. The van der Waals surface area contributed by atoms with Crippen LogP contribution in [0.5, 0.6) is 5.75 Å². The quantitative estimate of drug-likeness (QED) is 0.333. The van der Waals surface area contributed by atoms with Crippen molar-refractivity contribution in [3.05, 3.63) is 82.7 Å². The number of anilines is 1. The van der Waals surface area contributed by atoms with Gasteiger partial charge in [-0.2, -0.15) is 0 Å². The van der Waals surface area contributed by atoms with Crippen molar-refractivity contribution in [2.75, 3.05) is 18.5 Å². The highest BCUT2D eigenvalue weighted by Crippen LogP contribution is 2.32. The van der Waals surface area contributed by atoms with Crippen LogP contribution in [0.15, 0.2) is 72.2 Å². The van der Waals surface area contributed by atoms with Gasteiger partial charge in [0.15, 0.2) is 5.11 Å². The first-order chi connectivity index (χ1) is 14.2. The van der Waals surface area contributed by atoms with Crippen LogP contribution in [0.3, 0.4) is 0 Å². The molecule has 6 heteroatoms. The van der Waals surface area contributed by atoms with Gasteiger partial charge in [0, 0.05) is 40.1 Å². The summed E-state index contributed by atoms with van der Waals surface area (Å²) in [6.07, 6.45) is 2.11. The second-order valence-corrected chi connectivity index (χ2v) is 8.04. The van der Waals surface area contributed by atoms with Gasteiger partial charge in [-0.05, 0) is 66.5 Å². The fraction of sp³-hybridized carbons (Fsp3) is 0.174. The van der Waals surface area contributed by atoms with Crippen LogP contribution in [0, 0.1) is 0 Å². The van der Waals surface area contributed by atoms with E-state index < -0.39 is 0 Å². The zero-order valence-corrected chi connectivity index (χ0v) is 17.8. The summed E-state index contributed by atoms with van der Waals surface area (Å²) < 4.78 is 5.48. The summed E-state index contributed by atoms with van der Waals surface area (Å²) in [7, 11) is 0. The molecule has 0 aliphatic rings. The summed E-state index contributed by atoms with van der Waals surface area (Å²) in [6.45, 7) is 3.35. The zero-order chi connectivity index (χ0) is 20.1. The minimum Gasteiger partial charge on any atom is -0.494 e. The van der Waals surface area contributed by atoms with Crippen LogP contribution in [0.2, 0.25) is 0 Å². The van der Waals surface area contributed by atoms with E-state index in [1.54, 1.807) is 11.3 Å². The van der Waals surface area contributed by atoms with Crippen molar-refractivity contribution < 1.29 is 4.74 Å². The summed E-state index contributed by atoms with van der Waals surface area (Å²) in [5.41, 5.74) is 3.37. The molecule has 0 unspecified atom stereocenters. The molecular formula is C23H23N3OS2. The number of hydrogen-bond donors (Lipinski definition) is 3. The number of nitrogens with one attached hydrogen (secondary N) is 3. The number of ether oxygens (including phenoxy) is 1. The van der Waals surface area contributed by atoms with Crippen LogP contribution < -0.4 is 15.4 Å². The highest BCUT2D eigenvalue weighted by atomic mass is 32.1. The topological polar surface area (TPSA) is 49.1 Å². The molecule has 0 saturated heterocycles. The van der Waals surface area contributed by atoms with Crippen LogP contribution in [-0.4, -0.2) is 23.2 Å². The Bertz CT molecular complexity index is 1070. The lowest BCUT2D eigenvalue weighted by atomic mass is 9.97. The summed E-state index contributed by atoms with van der Waals surface area (Å²) in [4.78, 5) is 4.70. The Hall–Kier alpha value is -2.83. The van der Waals surface area contributed by atoms with Gasteiger partial charge < -0.3 is 20.4 Å². The lowest BCUT2D eigenvalue weighted by Crippen LogP contribution is -2.32. The van der Waals surface area contributed by atoms with Crippen molar-refractivity contribution in [2.45, 2.75) is 12.8 Å². The number of rotatable bonds is 7. The van der Waals surface area contributed by atoms with Gasteiger partial charge in [0.1, 0.15) is 5.75 Å². The number of thiocarbonyl (C=S) groups is 1. The zero-order valence-electron chi connectivity index (χ0n) is 16.1. The largest absolute Gasteiger partial charge is 0.494 e. The normalized spacial score (nSPS) is 11.9. The van der Waals surface area contributed by atoms with Gasteiger partial charge >= 0.3 is 0 Å². The van der Waals surface area contributed by atoms with Crippen LogP contribution in [0.1, 0.15) is 23.3 Å². The smallest absolute Gasteiger partial charge is 0.170 e. The van der Waals surface area contributed by atoms with Crippen molar-refractivity contribution in [1.82, 2.24) is 10.3 Å². The van der Waals surface area contributed by atoms with Gasteiger partial charge in [0.05, 0.1) is 6.61 Å². The molecule has 4 rings (SSSR count). The van der Waals surface area contributed by atoms with Crippen molar-refractivity contribution in [1.29, 1.82) is 0 Å². The predicted octanol–water partition coefficient (Wildman–Crippen LogP) is 5.75. The van der Waals surface area contributed by atoms with Gasteiger partial charge in [-0.3, -0.25) is 0 Å². The molecule has 3 N–H and O–H groups in total. The highest BCUT2D eigenvalue weighted by Gasteiger charge is 2.19. The molecule has 0 fully saturated rings. The van der Waals surface area contributed by atoms with E-state index in [0.29, 0.717) is 18.3 Å². The third-order valence-electron chi connectivity index (χ3n) is 4.77. The molecule has 2 aromatic heterocycles. The number of thiophene rings is 1. The Morgan fingerprint density at radius 2 is 1.93 bits per heavy atom. The Morgan fingerprint density at radius 1 is 1.10 bits per heavy atom. The Balaban J connectivity index is 1.47. The lowest BCUT2D eigenvalue weighted by molar-refractivity contribution is 0.340. The Kier molecular flexibility index (Phi) is 6.12. The van der Waals surface area contributed by atoms with E-state index in [1.807, 2.05) is 31.2 Å². The Labute approximate surface area is 179 Å². The lowest BCUT2D eigenvalue weighted by Gasteiger charge is -2.18. The summed E-state index contributed by atoms with van der Waals surface area (Å²) in [5, 5.41) is 10.6. The molecule has 4 aromatic rings. The molecule has 0 aliphatic heterocycles. The third-order valence-corrected chi connectivity index (χ3v) is 6.01. The molecule has 148 valence electrons. The monoisotopic (exact) mass is 421 g/mol. The highest BCUT2D eigenvalue weighted by molar-refractivity contribution is 7.80. The average molecular weight is 422 g/mol. The van der Waals surface area contributed by atoms with Crippen molar-refractivity contribution >= 4 is 45.3 Å². The molecule has 2 aromatic carbocycles. The number of fused-ring (bicyclic) bond motifs is 1. The minimum absolute atomic E-state index is 0.214. The van der Waals surface area contributed by atoms with Gasteiger partial charge in [-0.25, -0.2) is 0 Å². The van der Waals surface area contributed by atoms with Crippen LogP contribution in [0.4, 0.5) is 5.69 Å². The first kappa shape index (κ1) is 19.5. The number of aromatic nitrogens is 1. The maximum atomic E-state index is 5.54. The van der Waals surface area contributed by atoms with E-state index in [-0.39, 0.29) is 5.92 Å². The second kappa shape index (κ2) is 9.11. The van der Waals surface area contributed by atoms with Gasteiger partial charge in [-0.1, -0.05) is 24.3 Å². The third kappa shape index (κ3) is 4.60. The second-order valence-electron chi connectivity index (χ2n) is 6.65. The molecule has 29 heavy (non-hydrogen) atoms. The first-order valence-corrected chi connectivity index (χ1v) is 10.9. The number of para-hydroxylation sites is 1. The summed E-state index contributed by atoms with van der Waals surface area (Å²) in [6, 6.07) is 20.5. The summed E-state index contributed by atoms with van der Waals surface area (Å²) >= 11 is 7.30. The van der Waals surface area contributed by atoms with E-state index in [9.17, 15) is 0 Å². The minimum atomic E-state index is 0.214. The van der Waals surface area contributed by atoms with Crippen molar-refractivity contribution in [3.63, 3.8) is 0 Å². The van der Waals surface area contributed by atoms with E-state index in [2.05, 4.69) is 63.6 Å². The summed E-state index contributed by atoms with van der Waals surface area (Å²) in [5.74, 6) is 1.07. The van der Waals surface area contributed by atoms with Gasteiger partial charge in [0.2, 0.25) is 0 Å². The van der Waals surface area contributed by atoms with Gasteiger partial charge in [0.25, 0.3) is 0 Å². The number of aromatic amines is 1. The molecule has 0 saturated carbocycles. The van der Waals surface area contributed by atoms with Crippen LogP contribution in [0.25, 0.3) is 10.9 Å². The molecule has 2 heterocycles. The number of H-pyrrole nitrogens is 1. The molecule has 0 bridgehead atoms. The average Bonchev–Trinajstić information content (AvgIpc) is 3.41. The Morgan fingerprint density at radius 3 is 2.69 bits per heavy atom. The van der Waals surface area contributed by atoms with Crippen LogP contribution >= 0.6 is 23.6 Å². The van der Waals surface area contributed by atoms with E-state index in [1.165, 1.54) is 15.8 Å². The SMILES string of the molecule is CCOc1ccc(NC(=S)NC[C@H](c2cccs2)c2c[nH]c3ccccc23)cc1. The maximum absolute atomic E-state index is 5.54. The van der Waals surface area contributed by atoms with Crippen molar-refractivity contribution in [3.8, 4) is 5.75 Å². The number of hydrogen-bond acceptors (Lipinski definition) is 3. The molecule has 0 radical (unpaired) electrons. The van der Waals surface area contributed by atoms with E-state index in [4.69, 9.17) is 17.0 Å². The van der Waals surface area contributed by atoms with E-state index >= 15 is 0 Å². The van der Waals surface area contributed by atoms with Crippen LogP contribution in [-0.2, 0) is 0 Å². The predicted molar refractivity (Wildman–Crippen MR) is 126 cm³/mol. The molecule has 4 nitrogen and oxygen atoms in total. The number of benzene rings is 2. The fourth-order valence-electron chi connectivity index (χ4n) is 3.41. The maximum Gasteiger partial charge on any atom is 0.170 e. The van der Waals surface area contributed by atoms with Crippen molar-refractivity contribution in [2.24, 2.45) is 0 Å². The molecule has 1 atom stereocenters. The van der Waals surface area contributed by atoms with E-state index in [0.717, 1.165) is 17.0 Å².